The van der Waals surface area contributed by atoms with Gasteiger partial charge in [-0.25, -0.2) is 0 Å². The molecule has 0 bridgehead atoms. The maximum atomic E-state index is 5.12. The molecule has 0 aliphatic carbocycles. The summed E-state index contributed by atoms with van der Waals surface area (Å²) in [7, 11) is 0. The largest absolute Gasteiger partial charge is 0.375 e. The van der Waals surface area contributed by atoms with Gasteiger partial charge in [0.2, 0.25) is 0 Å². The van der Waals surface area contributed by atoms with Crippen LogP contribution in [0.1, 0.15) is 12.6 Å². The van der Waals surface area contributed by atoms with Crippen molar-refractivity contribution in [1.29, 1.82) is 0 Å². The van der Waals surface area contributed by atoms with Crippen molar-refractivity contribution in [3.8, 4) is 0 Å². The number of rotatable bonds is 3. The average Bonchev–Trinajstić information content (AvgIpc) is 2.34. The van der Waals surface area contributed by atoms with Crippen molar-refractivity contribution in [2.24, 2.45) is 0 Å². The van der Waals surface area contributed by atoms with Crippen LogP contribution >= 0.6 is 11.5 Å². The Morgan fingerprint density at radius 3 is 3.22 bits per heavy atom. The molecule has 0 saturated carbocycles. The molecule has 9 heavy (non-hydrogen) atoms. The number of hydrogen-bond acceptors (Lipinski definition) is 3. The van der Waals surface area contributed by atoms with Crippen molar-refractivity contribution in [2.75, 3.05) is 6.61 Å². The zero-order valence-electron chi connectivity index (χ0n) is 5.33. The normalized spacial score (nSPS) is 9.89. The van der Waals surface area contributed by atoms with Crippen molar-refractivity contribution in [2.45, 2.75) is 13.5 Å². The van der Waals surface area contributed by atoms with E-state index in [1.165, 1.54) is 11.5 Å². The van der Waals surface area contributed by atoms with Crippen LogP contribution in [0.4, 0.5) is 0 Å². The fourth-order valence-corrected chi connectivity index (χ4v) is 1.05. The summed E-state index contributed by atoms with van der Waals surface area (Å²) >= 11 is 1.46. The predicted octanol–water partition coefficient (Wildman–Crippen LogP) is 1.68. The summed E-state index contributed by atoms with van der Waals surface area (Å²) in [4.78, 5) is 0. The van der Waals surface area contributed by atoms with Gasteiger partial charge in [0.15, 0.2) is 0 Å². The Bertz CT molecular complexity index is 150. The molecule has 1 rings (SSSR count). The molecule has 0 amide bonds. The van der Waals surface area contributed by atoms with Gasteiger partial charge in [-0.1, -0.05) is 0 Å². The molecule has 50 valence electrons. The fourth-order valence-electron chi connectivity index (χ4n) is 0.519. The van der Waals surface area contributed by atoms with E-state index in [9.17, 15) is 0 Å². The van der Waals surface area contributed by atoms with E-state index in [2.05, 4.69) is 4.37 Å². The van der Waals surface area contributed by atoms with Gasteiger partial charge in [-0.2, -0.15) is 4.37 Å². The Hall–Kier alpha value is -0.410. The molecule has 0 aromatic carbocycles. The lowest BCUT2D eigenvalue weighted by Crippen LogP contribution is -1.90. The summed E-state index contributed by atoms with van der Waals surface area (Å²) in [5, 5.41) is 1.95. The Morgan fingerprint density at radius 2 is 2.67 bits per heavy atom. The van der Waals surface area contributed by atoms with Crippen molar-refractivity contribution >= 4 is 11.5 Å². The second-order valence-electron chi connectivity index (χ2n) is 1.63. The van der Waals surface area contributed by atoms with Gasteiger partial charge < -0.3 is 4.74 Å². The lowest BCUT2D eigenvalue weighted by atomic mass is 10.5. The van der Waals surface area contributed by atoms with Crippen LogP contribution < -0.4 is 0 Å². The number of nitrogens with zero attached hydrogens (tertiary/aromatic N) is 1. The summed E-state index contributed by atoms with van der Waals surface area (Å²) in [5.41, 5.74) is 1.03. The van der Waals surface area contributed by atoms with Crippen molar-refractivity contribution < 1.29 is 4.74 Å². The smallest absolute Gasteiger partial charge is 0.0898 e. The summed E-state index contributed by atoms with van der Waals surface area (Å²) in [6.07, 6.45) is 0. The molecular weight excluding hydrogens is 134 g/mol. The highest BCUT2D eigenvalue weighted by molar-refractivity contribution is 7.03. The van der Waals surface area contributed by atoms with Gasteiger partial charge in [-0.05, 0) is 24.5 Å². The van der Waals surface area contributed by atoms with E-state index < -0.39 is 0 Å². The van der Waals surface area contributed by atoms with Crippen LogP contribution in [0.5, 0.6) is 0 Å². The third kappa shape index (κ3) is 2.11. The predicted molar refractivity (Wildman–Crippen MR) is 37.4 cm³/mol. The molecule has 2 nitrogen and oxygen atoms in total. The molecule has 0 saturated heterocycles. The molecule has 0 aliphatic rings. The SMILES string of the molecule is CCOCc1ccsn1. The zero-order valence-corrected chi connectivity index (χ0v) is 6.15. The molecule has 0 N–H and O–H groups in total. The second-order valence-corrected chi connectivity index (χ2v) is 2.29. The fraction of sp³-hybridized carbons (Fsp3) is 0.500. The molecule has 0 aliphatic heterocycles. The van der Waals surface area contributed by atoms with Crippen LogP contribution in [-0.2, 0) is 11.3 Å². The number of ether oxygens (including phenoxy) is 1. The quantitative estimate of drug-likeness (QED) is 0.642. The van der Waals surface area contributed by atoms with E-state index in [1.807, 2.05) is 18.4 Å². The van der Waals surface area contributed by atoms with E-state index >= 15 is 0 Å². The van der Waals surface area contributed by atoms with Crippen molar-refractivity contribution in [3.05, 3.63) is 17.1 Å². The highest BCUT2D eigenvalue weighted by Gasteiger charge is 1.90. The topological polar surface area (TPSA) is 22.1 Å². The Morgan fingerprint density at radius 1 is 1.78 bits per heavy atom. The molecule has 0 radical (unpaired) electrons. The summed E-state index contributed by atoms with van der Waals surface area (Å²) < 4.78 is 9.19. The van der Waals surface area contributed by atoms with Gasteiger partial charge in [0, 0.05) is 12.0 Å². The third-order valence-electron chi connectivity index (χ3n) is 0.945. The first kappa shape index (κ1) is 6.71. The van der Waals surface area contributed by atoms with E-state index in [-0.39, 0.29) is 0 Å². The molecule has 1 aromatic rings. The molecule has 1 heterocycles. The third-order valence-corrected chi connectivity index (χ3v) is 1.54. The second kappa shape index (κ2) is 3.58. The lowest BCUT2D eigenvalue weighted by Gasteiger charge is -1.93. The van der Waals surface area contributed by atoms with E-state index in [4.69, 9.17) is 4.74 Å². The molecular formula is C6H9NOS. The van der Waals surface area contributed by atoms with Gasteiger partial charge in [0.1, 0.15) is 0 Å². The van der Waals surface area contributed by atoms with Crippen LogP contribution in [0.25, 0.3) is 0 Å². The minimum absolute atomic E-state index is 0.653. The standard InChI is InChI=1S/C6H9NOS/c1-2-8-5-6-3-4-9-7-6/h3-4H,2,5H2,1H3. The zero-order chi connectivity index (χ0) is 6.53. The summed E-state index contributed by atoms with van der Waals surface area (Å²) in [5.74, 6) is 0. The van der Waals surface area contributed by atoms with Gasteiger partial charge in [-0.3, -0.25) is 0 Å². The highest BCUT2D eigenvalue weighted by atomic mass is 32.1. The summed E-state index contributed by atoms with van der Waals surface area (Å²) in [6, 6.07) is 1.97. The minimum atomic E-state index is 0.653. The maximum Gasteiger partial charge on any atom is 0.0898 e. The molecule has 1 aromatic heterocycles. The Balaban J connectivity index is 2.30. The first-order chi connectivity index (χ1) is 4.43. The number of hydrogen-bond donors (Lipinski definition) is 0. The molecule has 0 fully saturated rings. The van der Waals surface area contributed by atoms with Gasteiger partial charge >= 0.3 is 0 Å². The Kier molecular flexibility index (Phi) is 2.67. The van der Waals surface area contributed by atoms with Crippen LogP contribution in [0.3, 0.4) is 0 Å². The molecule has 0 atom stereocenters. The molecule has 0 unspecified atom stereocenters. The number of aromatic nitrogens is 1. The first-order valence-electron chi connectivity index (χ1n) is 2.90. The van der Waals surface area contributed by atoms with Crippen LogP contribution in [0, 0.1) is 0 Å². The van der Waals surface area contributed by atoms with Crippen LogP contribution in [-0.4, -0.2) is 11.0 Å². The Labute approximate surface area is 58.6 Å². The van der Waals surface area contributed by atoms with Crippen molar-refractivity contribution in [3.63, 3.8) is 0 Å². The van der Waals surface area contributed by atoms with Gasteiger partial charge in [0.25, 0.3) is 0 Å². The lowest BCUT2D eigenvalue weighted by molar-refractivity contribution is 0.132. The van der Waals surface area contributed by atoms with E-state index in [0.29, 0.717) is 6.61 Å². The van der Waals surface area contributed by atoms with E-state index in [1.54, 1.807) is 0 Å². The molecule has 3 heteroatoms. The van der Waals surface area contributed by atoms with Crippen molar-refractivity contribution in [1.82, 2.24) is 4.37 Å². The first-order valence-corrected chi connectivity index (χ1v) is 3.74. The summed E-state index contributed by atoms with van der Waals surface area (Å²) in [6.45, 7) is 3.39. The van der Waals surface area contributed by atoms with Gasteiger partial charge in [-0.15, -0.1) is 0 Å². The average molecular weight is 143 g/mol. The monoisotopic (exact) mass is 143 g/mol. The van der Waals surface area contributed by atoms with Crippen LogP contribution in [0.15, 0.2) is 11.4 Å². The van der Waals surface area contributed by atoms with E-state index in [0.717, 1.165) is 12.3 Å². The van der Waals surface area contributed by atoms with Crippen LogP contribution in [0.2, 0.25) is 0 Å². The highest BCUT2D eigenvalue weighted by Crippen LogP contribution is 2.00. The minimum Gasteiger partial charge on any atom is -0.375 e. The maximum absolute atomic E-state index is 5.12. The van der Waals surface area contributed by atoms with Gasteiger partial charge in [0.05, 0.1) is 12.3 Å². The molecule has 0 spiro atoms.